The molecule has 3 N–H and O–H groups in total. The third-order valence-electron chi connectivity index (χ3n) is 3.55. The molecule has 0 atom stereocenters. The lowest BCUT2D eigenvalue weighted by Gasteiger charge is -2.07. The van der Waals surface area contributed by atoms with Gasteiger partial charge in [0.1, 0.15) is 11.3 Å². The predicted octanol–water partition coefficient (Wildman–Crippen LogP) is 3.11. The normalized spacial score (nSPS) is 11.2. The molecule has 0 aliphatic heterocycles. The highest BCUT2D eigenvalue weighted by molar-refractivity contribution is 6.09. The fourth-order valence-electron chi connectivity index (χ4n) is 2.27. The van der Waals surface area contributed by atoms with Crippen LogP contribution in [0, 0.1) is 0 Å². The molecule has 0 aliphatic carbocycles. The number of nitrogens with two attached hydrogens (primary N) is 1. The van der Waals surface area contributed by atoms with E-state index in [1.165, 1.54) is 6.20 Å². The average Bonchev–Trinajstić information content (AvgIpc) is 3.05. The molecule has 2 aromatic heterocycles. The first-order valence-electron chi connectivity index (χ1n) is 7.47. The molecular weight excluding hydrogens is 365 g/mol. The van der Waals surface area contributed by atoms with Crippen molar-refractivity contribution in [2.75, 3.05) is 5.32 Å². The number of halogens is 3. The minimum atomic E-state index is -4.52. The second kappa shape index (κ2) is 6.90. The van der Waals surface area contributed by atoms with Crippen molar-refractivity contribution in [3.63, 3.8) is 0 Å². The molecule has 0 fully saturated rings. The number of benzene rings is 1. The van der Waals surface area contributed by atoms with Gasteiger partial charge in [0.15, 0.2) is 0 Å². The van der Waals surface area contributed by atoms with Crippen molar-refractivity contribution in [2.24, 2.45) is 5.73 Å². The van der Waals surface area contributed by atoms with Crippen molar-refractivity contribution in [3.05, 3.63) is 65.4 Å². The molecule has 0 aliphatic rings. The van der Waals surface area contributed by atoms with E-state index in [-0.39, 0.29) is 22.7 Å². The molecule has 1 aromatic carbocycles. The maximum Gasteiger partial charge on any atom is 0.416 e. The number of carbonyl (C=O) groups is 2. The number of carbonyl (C=O) groups excluding carboxylic acids is 2. The van der Waals surface area contributed by atoms with Crippen LogP contribution in [-0.2, 0) is 6.18 Å². The van der Waals surface area contributed by atoms with Crippen molar-refractivity contribution in [1.82, 2.24) is 10.1 Å². The summed E-state index contributed by atoms with van der Waals surface area (Å²) < 4.78 is 42.8. The number of hydrogen-bond acceptors (Lipinski definition) is 5. The Bertz CT molecular complexity index is 983. The molecule has 0 saturated heterocycles. The zero-order valence-corrected chi connectivity index (χ0v) is 13.4. The molecule has 3 rings (SSSR count). The SMILES string of the molecule is NC(=O)c1c(-c2ccccn2)noc1NC(=O)c1ccc(C(F)(F)F)cc1. The van der Waals surface area contributed by atoms with Crippen molar-refractivity contribution < 1.29 is 27.3 Å². The number of aromatic nitrogens is 2. The lowest BCUT2D eigenvalue weighted by atomic mass is 10.1. The van der Waals surface area contributed by atoms with E-state index >= 15 is 0 Å². The Morgan fingerprint density at radius 2 is 1.78 bits per heavy atom. The number of nitrogens with zero attached hydrogens (tertiary/aromatic N) is 2. The van der Waals surface area contributed by atoms with E-state index in [9.17, 15) is 22.8 Å². The topological polar surface area (TPSA) is 111 Å². The molecule has 27 heavy (non-hydrogen) atoms. The Balaban J connectivity index is 1.88. The molecule has 0 radical (unpaired) electrons. The first-order chi connectivity index (χ1) is 12.8. The summed E-state index contributed by atoms with van der Waals surface area (Å²) in [4.78, 5) is 28.0. The first-order valence-corrected chi connectivity index (χ1v) is 7.47. The van der Waals surface area contributed by atoms with Crippen LogP contribution in [0.25, 0.3) is 11.4 Å². The predicted molar refractivity (Wildman–Crippen MR) is 87.6 cm³/mol. The summed E-state index contributed by atoms with van der Waals surface area (Å²) in [5.41, 5.74) is 4.50. The van der Waals surface area contributed by atoms with Crippen LogP contribution in [0.15, 0.2) is 53.2 Å². The van der Waals surface area contributed by atoms with E-state index < -0.39 is 23.6 Å². The second-order valence-corrected chi connectivity index (χ2v) is 5.34. The van der Waals surface area contributed by atoms with Gasteiger partial charge in [-0.25, -0.2) is 0 Å². The van der Waals surface area contributed by atoms with Crippen LogP contribution in [-0.4, -0.2) is 22.0 Å². The van der Waals surface area contributed by atoms with Gasteiger partial charge in [0, 0.05) is 11.8 Å². The summed E-state index contributed by atoms with van der Waals surface area (Å²) in [6.45, 7) is 0. The smallest absolute Gasteiger partial charge is 0.365 e. The van der Waals surface area contributed by atoms with Crippen LogP contribution < -0.4 is 11.1 Å². The highest BCUT2D eigenvalue weighted by Gasteiger charge is 2.30. The van der Waals surface area contributed by atoms with Gasteiger partial charge in [0.2, 0.25) is 5.88 Å². The molecule has 2 amide bonds. The van der Waals surface area contributed by atoms with Crippen LogP contribution in [0.4, 0.5) is 19.1 Å². The molecule has 3 aromatic rings. The van der Waals surface area contributed by atoms with Gasteiger partial charge in [-0.1, -0.05) is 11.2 Å². The lowest BCUT2D eigenvalue weighted by Crippen LogP contribution is -2.18. The van der Waals surface area contributed by atoms with Crippen LogP contribution >= 0.6 is 0 Å². The number of anilines is 1. The van der Waals surface area contributed by atoms with Crippen LogP contribution in [0.5, 0.6) is 0 Å². The Labute approximate surface area is 150 Å². The summed E-state index contributed by atoms with van der Waals surface area (Å²) >= 11 is 0. The lowest BCUT2D eigenvalue weighted by molar-refractivity contribution is -0.137. The summed E-state index contributed by atoms with van der Waals surface area (Å²) in [5.74, 6) is -2.04. The number of alkyl halides is 3. The summed E-state index contributed by atoms with van der Waals surface area (Å²) in [6, 6.07) is 8.40. The molecule has 10 heteroatoms. The van der Waals surface area contributed by atoms with Gasteiger partial charge < -0.3 is 10.3 Å². The van der Waals surface area contributed by atoms with E-state index in [4.69, 9.17) is 10.3 Å². The van der Waals surface area contributed by atoms with E-state index in [1.54, 1.807) is 18.2 Å². The number of hydrogen-bond donors (Lipinski definition) is 2. The van der Waals surface area contributed by atoms with E-state index in [0.29, 0.717) is 5.69 Å². The van der Waals surface area contributed by atoms with Gasteiger partial charge in [0.25, 0.3) is 11.8 Å². The third-order valence-corrected chi connectivity index (χ3v) is 3.55. The Morgan fingerprint density at radius 3 is 2.33 bits per heavy atom. The number of nitrogens with one attached hydrogen (secondary N) is 1. The third kappa shape index (κ3) is 3.78. The van der Waals surface area contributed by atoms with E-state index in [2.05, 4.69) is 15.5 Å². The van der Waals surface area contributed by atoms with Gasteiger partial charge in [-0.05, 0) is 36.4 Å². The fourth-order valence-corrected chi connectivity index (χ4v) is 2.27. The molecule has 0 saturated carbocycles. The van der Waals surface area contributed by atoms with Gasteiger partial charge in [-0.15, -0.1) is 0 Å². The van der Waals surface area contributed by atoms with Crippen LogP contribution in [0.1, 0.15) is 26.3 Å². The van der Waals surface area contributed by atoms with Crippen LogP contribution in [0.3, 0.4) is 0 Å². The van der Waals surface area contributed by atoms with Gasteiger partial charge in [-0.2, -0.15) is 13.2 Å². The molecule has 7 nitrogen and oxygen atoms in total. The van der Waals surface area contributed by atoms with Crippen molar-refractivity contribution in [1.29, 1.82) is 0 Å². The maximum atomic E-state index is 12.6. The van der Waals surface area contributed by atoms with E-state index in [0.717, 1.165) is 24.3 Å². The zero-order valence-electron chi connectivity index (χ0n) is 13.4. The number of rotatable bonds is 4. The van der Waals surface area contributed by atoms with E-state index in [1.807, 2.05) is 0 Å². The molecule has 138 valence electrons. The highest BCUT2D eigenvalue weighted by Crippen LogP contribution is 2.30. The minimum Gasteiger partial charge on any atom is -0.365 e. The number of amides is 2. The molecular formula is C17H11F3N4O3. The Kier molecular flexibility index (Phi) is 4.63. The maximum absolute atomic E-state index is 12.6. The zero-order chi connectivity index (χ0) is 19.6. The number of pyridine rings is 1. The monoisotopic (exact) mass is 376 g/mol. The Hall–Kier alpha value is -3.69. The summed E-state index contributed by atoms with van der Waals surface area (Å²) in [7, 11) is 0. The molecule has 0 bridgehead atoms. The first kappa shape index (κ1) is 18.1. The minimum absolute atomic E-state index is 0.0332. The molecule has 0 spiro atoms. The quantitative estimate of drug-likeness (QED) is 0.727. The van der Waals surface area contributed by atoms with Crippen molar-refractivity contribution in [3.8, 4) is 11.4 Å². The van der Waals surface area contributed by atoms with Gasteiger partial charge in [0.05, 0.1) is 11.3 Å². The van der Waals surface area contributed by atoms with Gasteiger partial charge >= 0.3 is 6.18 Å². The van der Waals surface area contributed by atoms with Gasteiger partial charge in [-0.3, -0.25) is 19.9 Å². The number of primary amides is 1. The Morgan fingerprint density at radius 1 is 1.07 bits per heavy atom. The summed E-state index contributed by atoms with van der Waals surface area (Å²) in [5, 5.41) is 5.98. The fraction of sp³-hybridized carbons (Fsp3) is 0.0588. The largest absolute Gasteiger partial charge is 0.416 e. The molecule has 2 heterocycles. The van der Waals surface area contributed by atoms with Crippen LogP contribution in [0.2, 0.25) is 0 Å². The average molecular weight is 376 g/mol. The highest BCUT2D eigenvalue weighted by atomic mass is 19.4. The standard InChI is InChI=1S/C17H11F3N4O3/c18-17(19,20)10-6-4-9(5-7-10)15(26)23-16-12(14(21)25)13(24-27-16)11-3-1-2-8-22-11/h1-8H,(H2,21,25)(H,23,26). The van der Waals surface area contributed by atoms with Crippen molar-refractivity contribution in [2.45, 2.75) is 6.18 Å². The summed E-state index contributed by atoms with van der Waals surface area (Å²) in [6.07, 6.45) is -3.05. The second-order valence-electron chi connectivity index (χ2n) is 5.34. The molecule has 0 unspecified atom stereocenters. The van der Waals surface area contributed by atoms with Crippen molar-refractivity contribution >= 4 is 17.7 Å².